The van der Waals surface area contributed by atoms with Crippen molar-refractivity contribution in [1.29, 1.82) is 0 Å². The summed E-state index contributed by atoms with van der Waals surface area (Å²) in [6.45, 7) is 4.21. The van der Waals surface area contributed by atoms with Crippen molar-refractivity contribution in [3.8, 4) is 0 Å². The molecule has 2 aliphatic rings. The Bertz CT molecular complexity index is 460. The first-order valence-electron chi connectivity index (χ1n) is 7.83. The fourth-order valence-corrected chi connectivity index (χ4v) is 3.41. The minimum Gasteiger partial charge on any atom is -0.465 e. The number of fused-ring (bicyclic) bond motifs is 1. The Labute approximate surface area is 135 Å². The van der Waals surface area contributed by atoms with Gasteiger partial charge in [0.15, 0.2) is 5.41 Å². The molecule has 2 aliphatic heterocycles. The van der Waals surface area contributed by atoms with E-state index in [-0.39, 0.29) is 26.2 Å². The summed E-state index contributed by atoms with van der Waals surface area (Å²) in [6, 6.07) is 0. The molecule has 8 heteroatoms. The zero-order chi connectivity index (χ0) is 17.0. The molecule has 0 N–H and O–H groups in total. The average molecular weight is 329 g/mol. The minimum atomic E-state index is -1.43. The van der Waals surface area contributed by atoms with E-state index in [1.807, 2.05) is 0 Å². The Kier molecular flexibility index (Phi) is 5.46. The Hall–Kier alpha value is -1.83. The predicted molar refractivity (Wildman–Crippen MR) is 77.3 cm³/mol. The van der Waals surface area contributed by atoms with Crippen LogP contribution < -0.4 is 0 Å². The van der Waals surface area contributed by atoms with Crippen LogP contribution in [-0.2, 0) is 28.5 Å². The van der Waals surface area contributed by atoms with Gasteiger partial charge < -0.3 is 18.9 Å². The molecule has 2 heterocycles. The van der Waals surface area contributed by atoms with Crippen molar-refractivity contribution >= 4 is 18.0 Å². The number of esters is 2. The third-order valence-corrected chi connectivity index (χ3v) is 4.44. The topological polar surface area (TPSA) is 91.4 Å². The van der Waals surface area contributed by atoms with E-state index in [2.05, 4.69) is 0 Å². The van der Waals surface area contributed by atoms with Crippen LogP contribution in [0.1, 0.15) is 26.7 Å². The summed E-state index contributed by atoms with van der Waals surface area (Å²) in [7, 11) is 1.28. The molecule has 0 unspecified atom stereocenters. The number of amides is 1. The van der Waals surface area contributed by atoms with E-state index in [1.165, 1.54) is 12.0 Å². The number of methoxy groups -OCH3 is 1. The van der Waals surface area contributed by atoms with Crippen LogP contribution in [0.3, 0.4) is 0 Å². The molecule has 2 rings (SSSR count). The maximum atomic E-state index is 12.6. The van der Waals surface area contributed by atoms with Gasteiger partial charge in [0.25, 0.3) is 0 Å². The molecular formula is C15H23NO7. The quantitative estimate of drug-likeness (QED) is 0.430. The molecule has 0 radical (unpaired) electrons. The second-order valence-corrected chi connectivity index (χ2v) is 5.48. The largest absolute Gasteiger partial charge is 0.465 e. The van der Waals surface area contributed by atoms with Crippen LogP contribution in [0.2, 0.25) is 0 Å². The van der Waals surface area contributed by atoms with E-state index in [1.54, 1.807) is 13.8 Å². The van der Waals surface area contributed by atoms with Gasteiger partial charge in [0.05, 0.1) is 26.9 Å². The van der Waals surface area contributed by atoms with Gasteiger partial charge in [-0.25, -0.2) is 4.79 Å². The fourth-order valence-electron chi connectivity index (χ4n) is 3.41. The SMILES string of the molecule is CCOC(=O)C1(C(=O)OCC)CCO[C@@H]2[C@H]1CCN2C(=O)OC. The second kappa shape index (κ2) is 7.16. The Balaban J connectivity index is 2.36. The van der Waals surface area contributed by atoms with Crippen LogP contribution in [-0.4, -0.2) is 62.6 Å². The maximum Gasteiger partial charge on any atom is 0.411 e. The number of hydrogen-bond acceptors (Lipinski definition) is 7. The monoisotopic (exact) mass is 329 g/mol. The summed E-state index contributed by atoms with van der Waals surface area (Å²) in [5.41, 5.74) is -1.43. The standard InChI is InChI=1S/C15H23NO7/c1-4-21-12(17)15(13(18)22-5-2)7-9-23-11-10(15)6-8-16(11)14(19)20-3/h10-11H,4-9H2,1-3H3/t10-,11-/m1/s1. The first-order chi connectivity index (χ1) is 11.0. The number of nitrogens with zero attached hydrogens (tertiary/aromatic N) is 1. The highest BCUT2D eigenvalue weighted by Gasteiger charge is 2.62. The molecule has 2 saturated heterocycles. The molecule has 0 aliphatic carbocycles. The first kappa shape index (κ1) is 17.5. The van der Waals surface area contributed by atoms with Crippen LogP contribution in [0.5, 0.6) is 0 Å². The van der Waals surface area contributed by atoms with E-state index < -0.39 is 35.6 Å². The van der Waals surface area contributed by atoms with Crippen LogP contribution in [0.4, 0.5) is 4.79 Å². The van der Waals surface area contributed by atoms with Gasteiger partial charge >= 0.3 is 18.0 Å². The average Bonchev–Trinajstić information content (AvgIpc) is 2.98. The Morgan fingerprint density at radius 2 is 1.78 bits per heavy atom. The van der Waals surface area contributed by atoms with E-state index in [0.29, 0.717) is 13.0 Å². The number of carbonyl (C=O) groups is 3. The Morgan fingerprint density at radius 1 is 1.17 bits per heavy atom. The molecule has 1 amide bonds. The minimum absolute atomic E-state index is 0.159. The number of rotatable bonds is 4. The molecule has 0 saturated carbocycles. The smallest absolute Gasteiger partial charge is 0.411 e. The van der Waals surface area contributed by atoms with Gasteiger partial charge in [-0.05, 0) is 26.7 Å². The molecule has 0 aromatic rings. The second-order valence-electron chi connectivity index (χ2n) is 5.48. The summed E-state index contributed by atoms with van der Waals surface area (Å²) in [4.78, 5) is 38.5. The first-order valence-corrected chi connectivity index (χ1v) is 7.83. The van der Waals surface area contributed by atoms with E-state index in [9.17, 15) is 14.4 Å². The zero-order valence-corrected chi connectivity index (χ0v) is 13.7. The summed E-state index contributed by atoms with van der Waals surface area (Å²) in [5.74, 6) is -1.72. The van der Waals surface area contributed by atoms with Crippen molar-refractivity contribution < 1.29 is 33.3 Å². The van der Waals surface area contributed by atoms with Crippen LogP contribution in [0, 0.1) is 11.3 Å². The lowest BCUT2D eigenvalue weighted by Crippen LogP contribution is -2.57. The molecule has 130 valence electrons. The van der Waals surface area contributed by atoms with Crippen molar-refractivity contribution in [2.75, 3.05) is 33.5 Å². The summed E-state index contributed by atoms with van der Waals surface area (Å²) in [5, 5.41) is 0. The third-order valence-electron chi connectivity index (χ3n) is 4.44. The molecule has 2 fully saturated rings. The van der Waals surface area contributed by atoms with Crippen molar-refractivity contribution in [3.63, 3.8) is 0 Å². The van der Waals surface area contributed by atoms with Gasteiger partial charge in [-0.3, -0.25) is 14.5 Å². The normalized spacial score (nSPS) is 25.4. The third kappa shape index (κ3) is 2.87. The highest BCUT2D eigenvalue weighted by molar-refractivity contribution is 6.00. The number of likely N-dealkylation sites (tertiary alicyclic amines) is 1. The molecule has 8 nitrogen and oxygen atoms in total. The predicted octanol–water partition coefficient (Wildman–Crippen LogP) is 0.934. The van der Waals surface area contributed by atoms with Gasteiger partial charge in [-0.15, -0.1) is 0 Å². The van der Waals surface area contributed by atoms with Gasteiger partial charge in [-0.2, -0.15) is 0 Å². The van der Waals surface area contributed by atoms with E-state index >= 15 is 0 Å². The molecule has 0 aromatic heterocycles. The lowest BCUT2D eigenvalue weighted by Gasteiger charge is -2.42. The van der Waals surface area contributed by atoms with Gasteiger partial charge in [-0.1, -0.05) is 0 Å². The molecular weight excluding hydrogens is 306 g/mol. The van der Waals surface area contributed by atoms with Crippen molar-refractivity contribution in [2.45, 2.75) is 32.9 Å². The summed E-state index contributed by atoms with van der Waals surface area (Å²) in [6.07, 6.45) is -0.607. The van der Waals surface area contributed by atoms with Crippen LogP contribution >= 0.6 is 0 Å². The number of carbonyl (C=O) groups excluding carboxylic acids is 3. The van der Waals surface area contributed by atoms with Crippen LogP contribution in [0.25, 0.3) is 0 Å². The molecule has 2 atom stereocenters. The Morgan fingerprint density at radius 3 is 2.30 bits per heavy atom. The van der Waals surface area contributed by atoms with Gasteiger partial charge in [0.1, 0.15) is 6.23 Å². The molecule has 0 aromatic carbocycles. The lowest BCUT2D eigenvalue weighted by molar-refractivity contribution is -0.197. The molecule has 0 spiro atoms. The van der Waals surface area contributed by atoms with E-state index in [4.69, 9.17) is 18.9 Å². The lowest BCUT2D eigenvalue weighted by atomic mass is 9.70. The fraction of sp³-hybridized carbons (Fsp3) is 0.800. The maximum absolute atomic E-state index is 12.6. The number of hydrogen-bond donors (Lipinski definition) is 0. The number of ether oxygens (including phenoxy) is 4. The molecule has 23 heavy (non-hydrogen) atoms. The van der Waals surface area contributed by atoms with Crippen LogP contribution in [0.15, 0.2) is 0 Å². The van der Waals surface area contributed by atoms with Gasteiger partial charge in [0.2, 0.25) is 0 Å². The summed E-state index contributed by atoms with van der Waals surface area (Å²) < 4.78 is 20.7. The van der Waals surface area contributed by atoms with Crippen molar-refractivity contribution in [2.24, 2.45) is 11.3 Å². The molecule has 0 bridgehead atoms. The van der Waals surface area contributed by atoms with Crippen molar-refractivity contribution in [3.05, 3.63) is 0 Å². The highest BCUT2D eigenvalue weighted by Crippen LogP contribution is 2.47. The highest BCUT2D eigenvalue weighted by atomic mass is 16.6. The zero-order valence-electron chi connectivity index (χ0n) is 13.7. The summed E-state index contributed by atoms with van der Waals surface area (Å²) >= 11 is 0. The van der Waals surface area contributed by atoms with Gasteiger partial charge in [0, 0.05) is 12.5 Å². The van der Waals surface area contributed by atoms with Crippen molar-refractivity contribution in [1.82, 2.24) is 4.90 Å². The van der Waals surface area contributed by atoms with E-state index in [0.717, 1.165) is 0 Å².